The van der Waals surface area contributed by atoms with Crippen LogP contribution in [0.5, 0.6) is 0 Å². The molecule has 3 heteroatoms. The molecule has 0 aliphatic heterocycles. The van der Waals surface area contributed by atoms with Gasteiger partial charge >= 0.3 is 0 Å². The summed E-state index contributed by atoms with van der Waals surface area (Å²) in [6.07, 6.45) is 5.10. The first-order valence-electron chi connectivity index (χ1n) is 8.40. The predicted octanol–water partition coefficient (Wildman–Crippen LogP) is 4.79. The van der Waals surface area contributed by atoms with E-state index in [2.05, 4.69) is 51.1 Å². The number of hydrogen-bond acceptors (Lipinski definition) is 3. The first-order valence-corrected chi connectivity index (χ1v) is 8.40. The van der Waals surface area contributed by atoms with Crippen LogP contribution in [0.25, 0.3) is 5.57 Å². The lowest BCUT2D eigenvalue weighted by Gasteiger charge is -2.36. The molecule has 2 atom stereocenters. The topological polar surface area (TPSA) is 71.4 Å². The normalized spacial score (nSPS) is 23.2. The smallest absolute Gasteiger partial charge is 0.111 e. The van der Waals surface area contributed by atoms with Crippen molar-refractivity contribution in [2.45, 2.75) is 40.0 Å². The molecule has 2 aliphatic carbocycles. The molecule has 3 nitrogen and oxygen atoms in total. The van der Waals surface area contributed by atoms with Crippen LogP contribution in [0.4, 0.5) is 0 Å². The van der Waals surface area contributed by atoms with Gasteiger partial charge in [-0.1, -0.05) is 23.8 Å². The van der Waals surface area contributed by atoms with Crippen LogP contribution >= 0.6 is 0 Å². The van der Waals surface area contributed by atoms with Gasteiger partial charge < -0.3 is 5.41 Å². The number of hydrogen-bond donors (Lipinski definition) is 1. The first-order chi connectivity index (χ1) is 11.5. The molecule has 1 aromatic carbocycles. The van der Waals surface area contributed by atoms with Crippen molar-refractivity contribution in [2.75, 3.05) is 0 Å². The molecule has 0 fully saturated rings. The van der Waals surface area contributed by atoms with Crippen molar-refractivity contribution in [1.82, 2.24) is 0 Å². The highest BCUT2D eigenvalue weighted by molar-refractivity contribution is 6.14. The van der Waals surface area contributed by atoms with E-state index in [0.29, 0.717) is 5.57 Å². The van der Waals surface area contributed by atoms with Gasteiger partial charge in [-0.3, -0.25) is 0 Å². The second-order valence-electron chi connectivity index (χ2n) is 6.84. The summed E-state index contributed by atoms with van der Waals surface area (Å²) in [7, 11) is 0. The molecular weight excluding hydrogens is 294 g/mol. The lowest BCUT2D eigenvalue weighted by atomic mass is 9.66. The summed E-state index contributed by atoms with van der Waals surface area (Å²) in [5.74, 6) is -0.480. The van der Waals surface area contributed by atoms with Crippen LogP contribution < -0.4 is 0 Å². The number of benzene rings is 1. The number of nitrogens with zero attached hydrogens (tertiary/aromatic N) is 2. The molecule has 0 saturated carbocycles. The Bertz CT molecular complexity index is 848. The van der Waals surface area contributed by atoms with Crippen LogP contribution in [0.2, 0.25) is 0 Å². The minimum absolute atomic E-state index is 0.0901. The molecule has 0 spiro atoms. The van der Waals surface area contributed by atoms with Crippen molar-refractivity contribution in [2.24, 2.45) is 11.8 Å². The van der Waals surface area contributed by atoms with E-state index < -0.39 is 5.92 Å². The highest BCUT2D eigenvalue weighted by Crippen LogP contribution is 2.47. The number of nitrogens with one attached hydrogen (secondary N) is 1. The van der Waals surface area contributed by atoms with Crippen LogP contribution in [-0.4, -0.2) is 5.71 Å². The number of fused-ring (bicyclic) bond motifs is 1. The van der Waals surface area contributed by atoms with E-state index in [1.807, 2.05) is 0 Å². The van der Waals surface area contributed by atoms with Crippen LogP contribution in [0.3, 0.4) is 0 Å². The molecular formula is C21H21N3. The number of aryl methyl sites for hydroxylation is 3. The lowest BCUT2D eigenvalue weighted by Crippen LogP contribution is -2.31. The summed E-state index contributed by atoms with van der Waals surface area (Å²) in [5.41, 5.74) is 7.15. The molecule has 1 aromatic rings. The van der Waals surface area contributed by atoms with E-state index in [0.717, 1.165) is 47.1 Å². The van der Waals surface area contributed by atoms with Crippen LogP contribution in [0, 0.1) is 60.7 Å². The van der Waals surface area contributed by atoms with Crippen molar-refractivity contribution < 1.29 is 0 Å². The van der Waals surface area contributed by atoms with Gasteiger partial charge in [0.2, 0.25) is 0 Å². The van der Waals surface area contributed by atoms with Crippen LogP contribution in [0.15, 0.2) is 29.4 Å². The van der Waals surface area contributed by atoms with Crippen molar-refractivity contribution in [3.8, 4) is 12.1 Å². The zero-order valence-electron chi connectivity index (χ0n) is 14.4. The van der Waals surface area contributed by atoms with Crippen molar-refractivity contribution in [3.05, 3.63) is 51.6 Å². The van der Waals surface area contributed by atoms with Gasteiger partial charge in [-0.15, -0.1) is 0 Å². The average molecular weight is 315 g/mol. The molecule has 0 bridgehead atoms. The van der Waals surface area contributed by atoms with Gasteiger partial charge in [0.15, 0.2) is 0 Å². The van der Waals surface area contributed by atoms with Gasteiger partial charge in [0.05, 0.1) is 17.4 Å². The Balaban J connectivity index is 2.34. The SMILES string of the molecule is Cc1cc(C)c(C2=C(C#N)C(=N)C(C#N)C3=CCCC[C@@H]32)c(C)c1. The molecule has 1 N–H and O–H groups in total. The zero-order valence-corrected chi connectivity index (χ0v) is 14.4. The Morgan fingerprint density at radius 3 is 2.38 bits per heavy atom. The summed E-state index contributed by atoms with van der Waals surface area (Å²) in [6, 6.07) is 8.77. The van der Waals surface area contributed by atoms with Crippen molar-refractivity contribution in [3.63, 3.8) is 0 Å². The zero-order chi connectivity index (χ0) is 17.4. The Morgan fingerprint density at radius 1 is 1.12 bits per heavy atom. The van der Waals surface area contributed by atoms with Gasteiger partial charge in [0, 0.05) is 5.92 Å². The summed E-state index contributed by atoms with van der Waals surface area (Å²) in [4.78, 5) is 0. The Labute approximate surface area is 143 Å². The monoisotopic (exact) mass is 315 g/mol. The third-order valence-corrected chi connectivity index (χ3v) is 5.18. The molecule has 0 radical (unpaired) electrons. The molecule has 3 rings (SSSR count). The van der Waals surface area contributed by atoms with Crippen molar-refractivity contribution >= 4 is 11.3 Å². The number of nitriles is 2. The van der Waals surface area contributed by atoms with Gasteiger partial charge in [-0.2, -0.15) is 10.5 Å². The number of allylic oxidation sites excluding steroid dienone is 4. The average Bonchev–Trinajstić information content (AvgIpc) is 2.54. The standard InChI is InChI=1S/C21H21N3/c1-12-8-13(2)19(14(3)9-12)20-16-7-5-4-6-15(16)17(10-22)21(24)18(20)11-23/h6,8-9,16-17,24H,4-5,7H2,1-3H3/t16-,17?/m0/s1. The highest BCUT2D eigenvalue weighted by atomic mass is 14.5. The molecule has 2 aliphatic rings. The van der Waals surface area contributed by atoms with Gasteiger partial charge in [-0.05, 0) is 67.9 Å². The summed E-state index contributed by atoms with van der Waals surface area (Å²) < 4.78 is 0. The minimum atomic E-state index is -0.570. The highest BCUT2D eigenvalue weighted by Gasteiger charge is 2.39. The lowest BCUT2D eigenvalue weighted by molar-refractivity contribution is 0.579. The Hall–Kier alpha value is -2.65. The minimum Gasteiger partial charge on any atom is -0.302 e. The van der Waals surface area contributed by atoms with Crippen LogP contribution in [-0.2, 0) is 0 Å². The fourth-order valence-electron chi connectivity index (χ4n) is 4.32. The molecule has 0 saturated heterocycles. The van der Waals surface area contributed by atoms with Gasteiger partial charge in [0.1, 0.15) is 12.0 Å². The first kappa shape index (κ1) is 16.2. The third-order valence-electron chi connectivity index (χ3n) is 5.18. The van der Waals surface area contributed by atoms with Crippen LogP contribution in [0.1, 0.15) is 41.5 Å². The molecule has 120 valence electrons. The maximum absolute atomic E-state index is 9.76. The molecule has 0 amide bonds. The van der Waals surface area contributed by atoms with Crippen molar-refractivity contribution in [1.29, 1.82) is 15.9 Å². The van der Waals surface area contributed by atoms with E-state index in [-0.39, 0.29) is 11.6 Å². The second-order valence-corrected chi connectivity index (χ2v) is 6.84. The largest absolute Gasteiger partial charge is 0.302 e. The second kappa shape index (κ2) is 6.10. The van der Waals surface area contributed by atoms with E-state index in [9.17, 15) is 10.5 Å². The quantitative estimate of drug-likeness (QED) is 0.757. The van der Waals surface area contributed by atoms with Gasteiger partial charge in [0.25, 0.3) is 0 Å². The molecule has 0 aromatic heterocycles. The Kier molecular flexibility index (Phi) is 4.12. The van der Waals surface area contributed by atoms with E-state index in [1.165, 1.54) is 5.56 Å². The summed E-state index contributed by atoms with van der Waals surface area (Å²) >= 11 is 0. The fourth-order valence-corrected chi connectivity index (χ4v) is 4.32. The van der Waals surface area contributed by atoms with E-state index in [4.69, 9.17) is 5.41 Å². The number of rotatable bonds is 1. The molecule has 0 heterocycles. The maximum Gasteiger partial charge on any atom is 0.111 e. The van der Waals surface area contributed by atoms with E-state index in [1.54, 1.807) is 0 Å². The Morgan fingerprint density at radius 2 is 1.79 bits per heavy atom. The fraction of sp³-hybridized carbons (Fsp3) is 0.381. The maximum atomic E-state index is 9.76. The molecule has 24 heavy (non-hydrogen) atoms. The van der Waals surface area contributed by atoms with E-state index >= 15 is 0 Å². The predicted molar refractivity (Wildman–Crippen MR) is 95.4 cm³/mol. The summed E-state index contributed by atoms with van der Waals surface area (Å²) in [6.45, 7) is 6.22. The molecule has 1 unspecified atom stereocenters. The van der Waals surface area contributed by atoms with Gasteiger partial charge in [-0.25, -0.2) is 0 Å². The third kappa shape index (κ3) is 2.38. The summed E-state index contributed by atoms with van der Waals surface area (Å²) in [5, 5.41) is 27.8.